The van der Waals surface area contributed by atoms with Crippen LogP contribution in [0.1, 0.15) is 37.3 Å². The summed E-state index contributed by atoms with van der Waals surface area (Å²) in [5.74, 6) is 1.00. The van der Waals surface area contributed by atoms with Crippen LogP contribution in [0, 0.1) is 5.92 Å². The van der Waals surface area contributed by atoms with Gasteiger partial charge in [0.1, 0.15) is 0 Å². The molecule has 2 aromatic carbocycles. The van der Waals surface area contributed by atoms with Gasteiger partial charge in [-0.05, 0) is 48.9 Å². The van der Waals surface area contributed by atoms with E-state index < -0.39 is 0 Å². The summed E-state index contributed by atoms with van der Waals surface area (Å²) in [5.41, 5.74) is 9.98. The van der Waals surface area contributed by atoms with Crippen molar-refractivity contribution in [2.45, 2.75) is 39.3 Å². The van der Waals surface area contributed by atoms with Crippen LogP contribution < -0.4 is 11.1 Å². The molecule has 2 heterocycles. The minimum absolute atomic E-state index is 0.220. The van der Waals surface area contributed by atoms with Crippen molar-refractivity contribution >= 4 is 22.9 Å². The summed E-state index contributed by atoms with van der Waals surface area (Å²) in [6.45, 7) is 6.09. The van der Waals surface area contributed by atoms with Gasteiger partial charge >= 0.3 is 0 Å². The highest BCUT2D eigenvalue weighted by atomic mass is 16.1. The number of hydrogen-bond donors (Lipinski definition) is 2. The molecule has 1 fully saturated rings. The fourth-order valence-corrected chi connectivity index (χ4v) is 4.38. The number of nitrogens with one attached hydrogen (secondary N) is 1. The molecule has 168 valence electrons. The van der Waals surface area contributed by atoms with Gasteiger partial charge in [-0.15, -0.1) is 0 Å². The molecule has 0 bridgehead atoms. The van der Waals surface area contributed by atoms with Crippen LogP contribution in [0.15, 0.2) is 59.9 Å². The molecule has 0 radical (unpaired) electrons. The molecule has 1 saturated heterocycles. The van der Waals surface area contributed by atoms with E-state index in [-0.39, 0.29) is 5.91 Å². The minimum atomic E-state index is -0.220. The highest BCUT2D eigenvalue weighted by molar-refractivity contribution is 5.80. The number of carbonyl (C=O) groups is 1. The fraction of sp³-hybridized carbons (Fsp3) is 0.400. The predicted molar refractivity (Wildman–Crippen MR) is 128 cm³/mol. The number of benzene rings is 2. The molecule has 0 aliphatic carbocycles. The third kappa shape index (κ3) is 5.46. The van der Waals surface area contributed by atoms with Crippen molar-refractivity contribution in [3.8, 4) is 0 Å². The van der Waals surface area contributed by atoms with Crippen molar-refractivity contribution in [1.29, 1.82) is 0 Å². The van der Waals surface area contributed by atoms with E-state index >= 15 is 0 Å². The summed E-state index contributed by atoms with van der Waals surface area (Å²) in [6.07, 6.45) is 4.45. The van der Waals surface area contributed by atoms with E-state index in [1.807, 2.05) is 24.5 Å². The number of para-hydroxylation sites is 2. The highest BCUT2D eigenvalue weighted by Gasteiger charge is 2.23. The largest absolute Gasteiger partial charge is 0.370 e. The topological polar surface area (TPSA) is 88.5 Å². The van der Waals surface area contributed by atoms with E-state index in [1.54, 1.807) is 0 Å². The number of nitrogens with two attached hydrogens (primary N) is 1. The van der Waals surface area contributed by atoms with Gasteiger partial charge in [-0.1, -0.05) is 36.4 Å². The molecule has 4 rings (SSSR count). The van der Waals surface area contributed by atoms with Crippen LogP contribution in [0.4, 0.5) is 0 Å². The number of fused-ring (bicyclic) bond motifs is 1. The standard InChI is InChI=1S/C25H32N6O/c1-2-27-25(30-13-5-6-21(17-30)14-24(26)32)28-15-19-9-11-20(12-10-19)16-31-18-29-22-7-3-4-8-23(22)31/h3-4,7-12,18,21H,2,5-6,13-17H2,1H3,(H2,26,32)(H,27,28). The third-order valence-corrected chi connectivity index (χ3v) is 5.96. The van der Waals surface area contributed by atoms with Crippen molar-refractivity contribution in [1.82, 2.24) is 19.8 Å². The average Bonchev–Trinajstić information content (AvgIpc) is 3.20. The first-order valence-electron chi connectivity index (χ1n) is 11.4. The number of likely N-dealkylation sites (tertiary alicyclic amines) is 1. The van der Waals surface area contributed by atoms with Crippen LogP contribution in [-0.2, 0) is 17.9 Å². The number of nitrogens with zero attached hydrogens (tertiary/aromatic N) is 4. The van der Waals surface area contributed by atoms with E-state index in [0.717, 1.165) is 56.0 Å². The van der Waals surface area contributed by atoms with Gasteiger partial charge in [0, 0.05) is 32.6 Å². The van der Waals surface area contributed by atoms with Gasteiger partial charge in [0.05, 0.1) is 23.9 Å². The Balaban J connectivity index is 1.40. The lowest BCUT2D eigenvalue weighted by Gasteiger charge is -2.34. The van der Waals surface area contributed by atoms with Gasteiger partial charge in [-0.25, -0.2) is 9.98 Å². The average molecular weight is 433 g/mol. The Hall–Kier alpha value is -3.35. The molecule has 1 aliphatic rings. The number of primary amides is 1. The second-order valence-electron chi connectivity index (χ2n) is 8.47. The van der Waals surface area contributed by atoms with Crippen molar-refractivity contribution in [3.05, 3.63) is 66.0 Å². The third-order valence-electron chi connectivity index (χ3n) is 5.96. The van der Waals surface area contributed by atoms with Crippen LogP contribution in [0.2, 0.25) is 0 Å². The zero-order valence-electron chi connectivity index (χ0n) is 18.7. The quantitative estimate of drug-likeness (QED) is 0.443. The number of imidazole rings is 1. The molecule has 3 aromatic rings. The van der Waals surface area contributed by atoms with Gasteiger partial charge in [0.2, 0.25) is 5.91 Å². The van der Waals surface area contributed by atoms with E-state index in [4.69, 9.17) is 10.7 Å². The summed E-state index contributed by atoms with van der Waals surface area (Å²) in [5, 5.41) is 3.40. The molecule has 1 aromatic heterocycles. The van der Waals surface area contributed by atoms with Gasteiger partial charge in [-0.3, -0.25) is 4.79 Å². The van der Waals surface area contributed by atoms with Crippen LogP contribution in [0.5, 0.6) is 0 Å². The first-order chi connectivity index (χ1) is 15.6. The van der Waals surface area contributed by atoms with Crippen LogP contribution in [-0.4, -0.2) is 46.0 Å². The number of amides is 1. The first-order valence-corrected chi connectivity index (χ1v) is 11.4. The Bertz CT molecular complexity index is 1070. The summed E-state index contributed by atoms with van der Waals surface area (Å²) < 4.78 is 2.17. The van der Waals surface area contributed by atoms with Gasteiger partial charge < -0.3 is 20.5 Å². The smallest absolute Gasteiger partial charge is 0.217 e. The summed E-state index contributed by atoms with van der Waals surface area (Å²) in [4.78, 5) is 22.9. The van der Waals surface area contributed by atoms with Crippen molar-refractivity contribution in [3.63, 3.8) is 0 Å². The molecular weight excluding hydrogens is 400 g/mol. The molecule has 7 nitrogen and oxygen atoms in total. The number of hydrogen-bond acceptors (Lipinski definition) is 3. The number of guanidine groups is 1. The molecule has 32 heavy (non-hydrogen) atoms. The minimum Gasteiger partial charge on any atom is -0.370 e. The van der Waals surface area contributed by atoms with Crippen LogP contribution in [0.25, 0.3) is 11.0 Å². The summed E-state index contributed by atoms with van der Waals surface area (Å²) >= 11 is 0. The Labute approximate surface area is 189 Å². The molecule has 3 N–H and O–H groups in total. The summed E-state index contributed by atoms with van der Waals surface area (Å²) in [7, 11) is 0. The maximum atomic E-state index is 11.3. The number of rotatable bonds is 7. The Morgan fingerprint density at radius 1 is 1.19 bits per heavy atom. The van der Waals surface area contributed by atoms with E-state index in [2.05, 4.69) is 57.0 Å². The second-order valence-corrected chi connectivity index (χ2v) is 8.47. The molecule has 1 unspecified atom stereocenters. The lowest BCUT2D eigenvalue weighted by molar-refractivity contribution is -0.119. The van der Waals surface area contributed by atoms with E-state index in [1.165, 1.54) is 11.1 Å². The maximum Gasteiger partial charge on any atom is 0.217 e. The van der Waals surface area contributed by atoms with Crippen LogP contribution >= 0.6 is 0 Å². The van der Waals surface area contributed by atoms with Gasteiger partial charge in [0.25, 0.3) is 0 Å². The van der Waals surface area contributed by atoms with Crippen LogP contribution in [0.3, 0.4) is 0 Å². The lowest BCUT2D eigenvalue weighted by atomic mass is 9.95. The molecule has 0 spiro atoms. The number of carbonyl (C=O) groups excluding carboxylic acids is 1. The zero-order valence-corrected chi connectivity index (χ0v) is 18.7. The number of aliphatic imine (C=N–C) groups is 1. The highest BCUT2D eigenvalue weighted by Crippen LogP contribution is 2.20. The predicted octanol–water partition coefficient (Wildman–Crippen LogP) is 3.14. The lowest BCUT2D eigenvalue weighted by Crippen LogP contribution is -2.47. The normalized spacial score (nSPS) is 17.0. The molecular formula is C25H32N6O. The Morgan fingerprint density at radius 3 is 2.75 bits per heavy atom. The van der Waals surface area contributed by atoms with Crippen molar-refractivity contribution in [2.75, 3.05) is 19.6 Å². The van der Waals surface area contributed by atoms with Crippen molar-refractivity contribution < 1.29 is 4.79 Å². The fourth-order valence-electron chi connectivity index (χ4n) is 4.38. The molecule has 7 heteroatoms. The monoisotopic (exact) mass is 432 g/mol. The molecule has 0 saturated carbocycles. The summed E-state index contributed by atoms with van der Waals surface area (Å²) in [6, 6.07) is 16.8. The SMILES string of the molecule is CCNC(=NCc1ccc(Cn2cnc3ccccc32)cc1)N1CCCC(CC(N)=O)C1. The van der Waals surface area contributed by atoms with Crippen molar-refractivity contribution in [2.24, 2.45) is 16.6 Å². The van der Waals surface area contributed by atoms with E-state index in [9.17, 15) is 4.79 Å². The number of piperidine rings is 1. The second kappa shape index (κ2) is 10.3. The Kier molecular flexibility index (Phi) is 7.04. The maximum absolute atomic E-state index is 11.3. The molecule has 1 aliphatic heterocycles. The zero-order chi connectivity index (χ0) is 22.3. The molecule has 1 amide bonds. The Morgan fingerprint density at radius 2 is 1.97 bits per heavy atom. The number of aromatic nitrogens is 2. The van der Waals surface area contributed by atoms with Gasteiger partial charge in [0.15, 0.2) is 5.96 Å². The van der Waals surface area contributed by atoms with Gasteiger partial charge in [-0.2, -0.15) is 0 Å². The molecule has 1 atom stereocenters. The first kappa shape index (κ1) is 21.9. The van der Waals surface area contributed by atoms with E-state index in [0.29, 0.717) is 18.9 Å².